The Morgan fingerprint density at radius 1 is 1.14 bits per heavy atom. The Kier molecular flexibility index (Phi) is 16.7. The van der Waals surface area contributed by atoms with Gasteiger partial charge in [-0.15, -0.1) is 0 Å². The topological polar surface area (TPSA) is 127 Å². The van der Waals surface area contributed by atoms with E-state index in [1.54, 1.807) is 13.0 Å². The summed E-state index contributed by atoms with van der Waals surface area (Å²) >= 11 is 0. The van der Waals surface area contributed by atoms with Crippen LogP contribution in [0.3, 0.4) is 0 Å². The molecule has 8 nitrogen and oxygen atoms in total. The molecular weight excluding hydrogens is 375 g/mol. The largest absolute Gasteiger partial charge is 1.00 e. The summed E-state index contributed by atoms with van der Waals surface area (Å²) in [6, 6.07) is 0. The first-order chi connectivity index (χ1) is 12.7. The fourth-order valence-electron chi connectivity index (χ4n) is 3.07. The van der Waals surface area contributed by atoms with Gasteiger partial charge in [-0.3, -0.25) is 9.59 Å². The third kappa shape index (κ3) is 12.5. The number of hydrogen-bond acceptors (Lipinski definition) is 5. The van der Waals surface area contributed by atoms with Gasteiger partial charge in [0, 0.05) is 11.9 Å². The average molecular weight is 409 g/mol. The molecule has 0 saturated carbocycles. The Morgan fingerprint density at radius 3 is 2.25 bits per heavy atom. The summed E-state index contributed by atoms with van der Waals surface area (Å²) in [6.45, 7) is 5.98. The van der Waals surface area contributed by atoms with Crippen molar-refractivity contribution in [1.29, 1.82) is 0 Å². The van der Waals surface area contributed by atoms with Crippen molar-refractivity contribution in [3.8, 4) is 0 Å². The van der Waals surface area contributed by atoms with Crippen molar-refractivity contribution < 1.29 is 63.7 Å². The van der Waals surface area contributed by atoms with Gasteiger partial charge in [0.05, 0.1) is 32.8 Å². The van der Waals surface area contributed by atoms with Gasteiger partial charge in [0.2, 0.25) is 5.91 Å². The number of carbonyl (C=O) groups is 3. The van der Waals surface area contributed by atoms with Crippen molar-refractivity contribution in [2.24, 2.45) is 11.8 Å². The van der Waals surface area contributed by atoms with E-state index in [1.165, 1.54) is 13.0 Å². The first kappa shape index (κ1) is 29.3. The molecule has 0 saturated heterocycles. The van der Waals surface area contributed by atoms with Gasteiger partial charge in [-0.1, -0.05) is 32.8 Å². The van der Waals surface area contributed by atoms with E-state index in [2.05, 4.69) is 12.2 Å². The van der Waals surface area contributed by atoms with E-state index >= 15 is 0 Å². The van der Waals surface area contributed by atoms with Crippen LogP contribution in [0.15, 0.2) is 12.2 Å². The number of nitrogens with zero attached hydrogens (tertiary/aromatic N) is 1. The van der Waals surface area contributed by atoms with Crippen LogP contribution in [-0.2, 0) is 14.4 Å². The first-order valence-corrected chi connectivity index (χ1v) is 9.51. The average Bonchev–Trinajstić information content (AvgIpc) is 2.58. The standard InChI is InChI=1S/C19H34N2O6.Na/c1-4-5-6-7-8-17(23)20-9-10-21(11-12-22,13-15(2)18(24)25)14-16(3)19(26)27;/h7-8,15-16,22H,4-6,9-14H2,1-3H3,(H2-,20,23,24,25,26,27);/q;+1/b8-7+;. The number of carboxylic acid groups (broad SMARTS) is 2. The zero-order valence-corrected chi connectivity index (χ0v) is 19.6. The van der Waals surface area contributed by atoms with Crippen LogP contribution in [0.4, 0.5) is 0 Å². The maximum Gasteiger partial charge on any atom is 1.00 e. The number of carboxylic acids is 2. The summed E-state index contributed by atoms with van der Waals surface area (Å²) in [6.07, 6.45) is 6.16. The Labute approximate surface area is 189 Å². The first-order valence-electron chi connectivity index (χ1n) is 9.51. The minimum Gasteiger partial charge on any atom is -0.550 e. The summed E-state index contributed by atoms with van der Waals surface area (Å²) < 4.78 is 0.0823. The quantitative estimate of drug-likeness (QED) is 0.113. The van der Waals surface area contributed by atoms with Crippen LogP contribution in [0, 0.1) is 11.8 Å². The van der Waals surface area contributed by atoms with Gasteiger partial charge in [-0.25, -0.2) is 0 Å². The normalized spacial score (nSPS) is 15.3. The van der Waals surface area contributed by atoms with Crippen molar-refractivity contribution in [3.05, 3.63) is 12.2 Å². The minimum absolute atomic E-state index is 0. The summed E-state index contributed by atoms with van der Waals surface area (Å²) in [7, 11) is 0. The molecule has 156 valence electrons. The van der Waals surface area contributed by atoms with Crippen molar-refractivity contribution in [1.82, 2.24) is 5.32 Å². The van der Waals surface area contributed by atoms with Crippen molar-refractivity contribution >= 4 is 17.8 Å². The van der Waals surface area contributed by atoms with Crippen LogP contribution in [-0.4, -0.2) is 71.9 Å². The van der Waals surface area contributed by atoms with Gasteiger partial charge in [0.25, 0.3) is 0 Å². The molecule has 3 unspecified atom stereocenters. The van der Waals surface area contributed by atoms with Gasteiger partial charge in [-0.05, 0) is 19.4 Å². The number of unbranched alkanes of at least 4 members (excludes halogenated alkanes) is 2. The zero-order valence-electron chi connectivity index (χ0n) is 17.6. The molecule has 0 bridgehead atoms. The number of aliphatic carboxylic acids is 2. The van der Waals surface area contributed by atoms with Crippen molar-refractivity contribution in [3.63, 3.8) is 0 Å². The maximum atomic E-state index is 11.9. The fourth-order valence-corrected chi connectivity index (χ4v) is 3.07. The molecule has 0 rings (SSSR count). The van der Waals surface area contributed by atoms with Gasteiger partial charge in [0.15, 0.2) is 0 Å². The molecular formula is C19H34N2NaO6+. The Balaban J connectivity index is 0. The van der Waals surface area contributed by atoms with Gasteiger partial charge < -0.3 is 29.9 Å². The summed E-state index contributed by atoms with van der Waals surface area (Å²) in [5.74, 6) is -3.97. The SMILES string of the molecule is CCCC/C=C/C(=O)NCC[N+](CCO)(CC(C)C(=O)[O-])CC(C)C(=O)O.[Na+]. The van der Waals surface area contributed by atoms with Crippen molar-refractivity contribution in [2.45, 2.75) is 40.0 Å². The predicted octanol–water partition coefficient (Wildman–Crippen LogP) is -3.23. The van der Waals surface area contributed by atoms with Gasteiger partial charge >= 0.3 is 35.5 Å². The van der Waals surface area contributed by atoms with E-state index in [-0.39, 0.29) is 72.7 Å². The van der Waals surface area contributed by atoms with E-state index in [4.69, 9.17) is 0 Å². The summed E-state index contributed by atoms with van der Waals surface area (Å²) in [5.41, 5.74) is 0. The molecule has 0 aromatic heterocycles. The molecule has 0 aromatic carbocycles. The minimum atomic E-state index is -1.22. The van der Waals surface area contributed by atoms with E-state index < -0.39 is 23.8 Å². The molecule has 3 N–H and O–H groups in total. The van der Waals surface area contributed by atoms with Gasteiger partial charge in [-0.2, -0.15) is 0 Å². The number of allylic oxidation sites excluding steroid dienone is 1. The van der Waals surface area contributed by atoms with Crippen LogP contribution < -0.4 is 40.0 Å². The number of hydrogen-bond donors (Lipinski definition) is 3. The number of aliphatic hydroxyl groups is 1. The third-order valence-electron chi connectivity index (χ3n) is 4.60. The second-order valence-corrected chi connectivity index (χ2v) is 7.17. The second-order valence-electron chi connectivity index (χ2n) is 7.17. The molecule has 0 heterocycles. The smallest absolute Gasteiger partial charge is 0.550 e. The zero-order chi connectivity index (χ0) is 20.9. The molecule has 3 atom stereocenters. The molecule has 28 heavy (non-hydrogen) atoms. The summed E-state index contributed by atoms with van der Waals surface area (Å²) in [4.78, 5) is 34.3. The molecule has 9 heteroatoms. The van der Waals surface area contributed by atoms with Crippen LogP contribution >= 0.6 is 0 Å². The Morgan fingerprint density at radius 2 is 1.75 bits per heavy atom. The Hall–Kier alpha value is -0.930. The number of nitrogens with one attached hydrogen (secondary N) is 1. The van der Waals surface area contributed by atoms with Gasteiger partial charge in [0.1, 0.15) is 12.5 Å². The van der Waals surface area contributed by atoms with Crippen LogP contribution in [0.2, 0.25) is 0 Å². The fraction of sp³-hybridized carbons (Fsp3) is 0.737. The van der Waals surface area contributed by atoms with Crippen molar-refractivity contribution in [2.75, 3.05) is 39.3 Å². The molecule has 0 radical (unpaired) electrons. The predicted molar refractivity (Wildman–Crippen MR) is 99.5 cm³/mol. The molecule has 0 fully saturated rings. The summed E-state index contributed by atoms with van der Waals surface area (Å²) in [5, 5.41) is 32.6. The molecule has 0 spiro atoms. The van der Waals surface area contributed by atoms with E-state index in [9.17, 15) is 29.7 Å². The molecule has 0 aromatic rings. The maximum absolute atomic E-state index is 11.9. The Bertz CT molecular complexity index is 491. The second kappa shape index (κ2) is 15.9. The molecule has 0 aliphatic rings. The number of quaternary nitrogens is 1. The number of carbonyl (C=O) groups excluding carboxylic acids is 2. The van der Waals surface area contributed by atoms with Crippen LogP contribution in [0.1, 0.15) is 40.0 Å². The van der Waals surface area contributed by atoms with E-state index in [1.807, 2.05) is 0 Å². The molecule has 0 aliphatic heterocycles. The number of amides is 1. The van der Waals surface area contributed by atoms with Crippen LogP contribution in [0.25, 0.3) is 0 Å². The molecule has 1 amide bonds. The van der Waals surface area contributed by atoms with E-state index in [0.29, 0.717) is 6.54 Å². The molecule has 0 aliphatic carbocycles. The number of rotatable bonds is 15. The third-order valence-corrected chi connectivity index (χ3v) is 4.60. The monoisotopic (exact) mass is 409 g/mol. The van der Waals surface area contributed by atoms with Crippen LogP contribution in [0.5, 0.6) is 0 Å². The number of aliphatic hydroxyl groups excluding tert-OH is 1. The van der Waals surface area contributed by atoms with E-state index in [0.717, 1.165) is 19.3 Å².